The molecule has 0 amide bonds. The van der Waals surface area contributed by atoms with Crippen molar-refractivity contribution >= 4 is 40.0 Å². The van der Waals surface area contributed by atoms with Gasteiger partial charge >= 0.3 is 0 Å². The van der Waals surface area contributed by atoms with Gasteiger partial charge in [0.15, 0.2) is 5.96 Å². The third kappa shape index (κ3) is 6.91. The molecule has 0 unspecified atom stereocenters. The Morgan fingerprint density at radius 2 is 1.92 bits per heavy atom. The van der Waals surface area contributed by atoms with E-state index in [1.54, 1.807) is 25.2 Å². The van der Waals surface area contributed by atoms with Crippen LogP contribution in [0, 0.1) is 0 Å². The van der Waals surface area contributed by atoms with E-state index in [9.17, 15) is 8.42 Å². The molecule has 0 aliphatic heterocycles. The standard InChI is InChI=1S/C15H26N4O3S.HI/c1-5-22-11-10-17-15(16-2)18-12-13-8-6-7-9-14(13)23(20,21)19(3)4;/h6-9H,5,10-12H2,1-4H3,(H2,16,17,18);1H. The lowest BCUT2D eigenvalue weighted by molar-refractivity contribution is 0.152. The lowest BCUT2D eigenvalue weighted by Gasteiger charge is -2.17. The summed E-state index contributed by atoms with van der Waals surface area (Å²) in [4.78, 5) is 4.40. The number of nitrogens with one attached hydrogen (secondary N) is 2. The SMILES string of the molecule is CCOCCNC(=NC)NCc1ccccc1S(=O)(=O)N(C)C.I. The summed E-state index contributed by atoms with van der Waals surface area (Å²) in [6, 6.07) is 6.93. The Kier molecular flexibility index (Phi) is 11.2. The lowest BCUT2D eigenvalue weighted by Crippen LogP contribution is -2.38. The van der Waals surface area contributed by atoms with Crippen molar-refractivity contribution in [1.82, 2.24) is 14.9 Å². The highest BCUT2D eigenvalue weighted by atomic mass is 127. The number of guanidine groups is 1. The van der Waals surface area contributed by atoms with Crippen molar-refractivity contribution in [2.45, 2.75) is 18.4 Å². The van der Waals surface area contributed by atoms with Crippen molar-refractivity contribution in [3.8, 4) is 0 Å². The number of hydrogen-bond acceptors (Lipinski definition) is 4. The van der Waals surface area contributed by atoms with E-state index in [0.29, 0.717) is 42.7 Å². The number of nitrogens with zero attached hydrogens (tertiary/aromatic N) is 2. The molecule has 138 valence electrons. The van der Waals surface area contributed by atoms with Crippen LogP contribution in [0.15, 0.2) is 34.2 Å². The lowest BCUT2D eigenvalue weighted by atomic mass is 10.2. The van der Waals surface area contributed by atoms with Gasteiger partial charge in [-0.1, -0.05) is 18.2 Å². The Bertz CT molecular complexity index is 621. The summed E-state index contributed by atoms with van der Waals surface area (Å²) in [5.41, 5.74) is 0.689. The highest BCUT2D eigenvalue weighted by molar-refractivity contribution is 14.0. The van der Waals surface area contributed by atoms with Gasteiger partial charge in [-0.25, -0.2) is 12.7 Å². The van der Waals surface area contributed by atoms with Gasteiger partial charge in [0.25, 0.3) is 0 Å². The predicted molar refractivity (Wildman–Crippen MR) is 107 cm³/mol. The summed E-state index contributed by atoms with van der Waals surface area (Å²) in [7, 11) is 1.23. The molecule has 7 nitrogen and oxygen atoms in total. The van der Waals surface area contributed by atoms with Gasteiger partial charge in [0.2, 0.25) is 10.0 Å². The first-order valence-corrected chi connectivity index (χ1v) is 8.90. The second-order valence-electron chi connectivity index (χ2n) is 4.94. The van der Waals surface area contributed by atoms with Gasteiger partial charge in [0, 0.05) is 40.8 Å². The third-order valence-corrected chi connectivity index (χ3v) is 5.06. The molecule has 0 saturated carbocycles. The predicted octanol–water partition coefficient (Wildman–Crippen LogP) is 1.26. The zero-order valence-electron chi connectivity index (χ0n) is 14.6. The quantitative estimate of drug-likeness (QED) is 0.259. The number of aliphatic imine (C=N–C) groups is 1. The highest BCUT2D eigenvalue weighted by Gasteiger charge is 2.20. The van der Waals surface area contributed by atoms with E-state index in [-0.39, 0.29) is 24.0 Å². The second-order valence-corrected chi connectivity index (χ2v) is 7.06. The molecular formula is C15H27IN4O3S. The summed E-state index contributed by atoms with van der Waals surface area (Å²) in [5.74, 6) is 0.599. The first kappa shape index (κ1) is 23.1. The van der Waals surface area contributed by atoms with Gasteiger partial charge in [-0.15, -0.1) is 24.0 Å². The molecule has 0 saturated heterocycles. The average Bonchev–Trinajstić information content (AvgIpc) is 2.54. The number of hydrogen-bond donors (Lipinski definition) is 2. The minimum atomic E-state index is -3.47. The fourth-order valence-electron chi connectivity index (χ4n) is 1.88. The molecule has 1 rings (SSSR count). The van der Waals surface area contributed by atoms with Gasteiger partial charge in [0.1, 0.15) is 0 Å². The fraction of sp³-hybridized carbons (Fsp3) is 0.533. The largest absolute Gasteiger partial charge is 0.380 e. The maximum Gasteiger partial charge on any atom is 0.242 e. The molecule has 0 aromatic heterocycles. The zero-order valence-corrected chi connectivity index (χ0v) is 17.7. The van der Waals surface area contributed by atoms with Crippen molar-refractivity contribution in [2.75, 3.05) is 40.9 Å². The second kappa shape index (κ2) is 11.6. The Balaban J connectivity index is 0.00000529. The van der Waals surface area contributed by atoms with Crippen molar-refractivity contribution < 1.29 is 13.2 Å². The first-order valence-electron chi connectivity index (χ1n) is 7.46. The smallest absolute Gasteiger partial charge is 0.242 e. The third-order valence-electron chi connectivity index (χ3n) is 3.14. The summed E-state index contributed by atoms with van der Waals surface area (Å²) in [5, 5.41) is 6.22. The van der Waals surface area contributed by atoms with E-state index < -0.39 is 10.0 Å². The topological polar surface area (TPSA) is 83.0 Å². The van der Waals surface area contributed by atoms with Crippen LogP contribution in [0.5, 0.6) is 0 Å². The van der Waals surface area contributed by atoms with E-state index in [4.69, 9.17) is 4.74 Å². The number of ether oxygens (including phenoxy) is 1. The molecule has 0 bridgehead atoms. The van der Waals surface area contributed by atoms with Crippen molar-refractivity contribution in [2.24, 2.45) is 4.99 Å². The first-order chi connectivity index (χ1) is 10.9. The average molecular weight is 470 g/mol. The molecule has 0 atom stereocenters. The Labute approximate surface area is 161 Å². The molecule has 0 heterocycles. The minimum Gasteiger partial charge on any atom is -0.380 e. The molecule has 0 aliphatic rings. The Morgan fingerprint density at radius 1 is 1.25 bits per heavy atom. The molecule has 0 aliphatic carbocycles. The zero-order chi connectivity index (χ0) is 17.3. The Hall–Kier alpha value is -0.910. The van der Waals surface area contributed by atoms with Crippen molar-refractivity contribution in [3.63, 3.8) is 0 Å². The molecule has 9 heteroatoms. The van der Waals surface area contributed by atoms with Gasteiger partial charge in [-0.05, 0) is 18.6 Å². The van der Waals surface area contributed by atoms with Gasteiger partial charge in [0.05, 0.1) is 11.5 Å². The highest BCUT2D eigenvalue weighted by Crippen LogP contribution is 2.18. The van der Waals surface area contributed by atoms with E-state index in [1.807, 2.05) is 13.0 Å². The van der Waals surface area contributed by atoms with Crippen LogP contribution in [0.4, 0.5) is 0 Å². The molecule has 1 aromatic carbocycles. The van der Waals surface area contributed by atoms with Gasteiger partial charge in [-0.2, -0.15) is 0 Å². The van der Waals surface area contributed by atoms with Crippen LogP contribution in [-0.2, 0) is 21.3 Å². The number of benzene rings is 1. The van der Waals surface area contributed by atoms with Crippen LogP contribution in [0.25, 0.3) is 0 Å². The van der Waals surface area contributed by atoms with E-state index in [2.05, 4.69) is 15.6 Å². The molecular weight excluding hydrogens is 443 g/mol. The van der Waals surface area contributed by atoms with Crippen LogP contribution in [0.1, 0.15) is 12.5 Å². The minimum absolute atomic E-state index is 0. The maximum absolute atomic E-state index is 12.3. The van der Waals surface area contributed by atoms with Crippen molar-refractivity contribution in [3.05, 3.63) is 29.8 Å². The molecule has 2 N–H and O–H groups in total. The van der Waals surface area contributed by atoms with Crippen LogP contribution in [0.2, 0.25) is 0 Å². The van der Waals surface area contributed by atoms with E-state index >= 15 is 0 Å². The molecule has 0 spiro atoms. The van der Waals surface area contributed by atoms with Gasteiger partial charge < -0.3 is 15.4 Å². The summed E-state index contributed by atoms with van der Waals surface area (Å²) < 4.78 is 31.2. The number of halogens is 1. The van der Waals surface area contributed by atoms with Crippen LogP contribution < -0.4 is 10.6 Å². The number of rotatable bonds is 8. The summed E-state index contributed by atoms with van der Waals surface area (Å²) >= 11 is 0. The molecule has 0 radical (unpaired) electrons. The molecule has 24 heavy (non-hydrogen) atoms. The maximum atomic E-state index is 12.3. The Morgan fingerprint density at radius 3 is 2.50 bits per heavy atom. The fourth-order valence-corrected chi connectivity index (χ4v) is 3.00. The van der Waals surface area contributed by atoms with Gasteiger partial charge in [-0.3, -0.25) is 4.99 Å². The van der Waals surface area contributed by atoms with Crippen LogP contribution in [-0.4, -0.2) is 59.6 Å². The van der Waals surface area contributed by atoms with E-state index in [1.165, 1.54) is 18.4 Å². The molecule has 0 fully saturated rings. The van der Waals surface area contributed by atoms with Crippen LogP contribution >= 0.6 is 24.0 Å². The molecule has 1 aromatic rings. The normalized spacial score (nSPS) is 12.0. The van der Waals surface area contributed by atoms with E-state index in [0.717, 1.165) is 0 Å². The summed E-state index contributed by atoms with van der Waals surface area (Å²) in [6.45, 7) is 4.18. The monoisotopic (exact) mass is 470 g/mol. The summed E-state index contributed by atoms with van der Waals surface area (Å²) in [6.07, 6.45) is 0. The van der Waals surface area contributed by atoms with Crippen molar-refractivity contribution in [1.29, 1.82) is 0 Å². The van der Waals surface area contributed by atoms with Crippen LogP contribution in [0.3, 0.4) is 0 Å². The number of sulfonamides is 1.